The van der Waals surface area contributed by atoms with E-state index >= 15 is 0 Å². The lowest BCUT2D eigenvalue weighted by Crippen LogP contribution is -2.42. The molecule has 0 radical (unpaired) electrons. The van der Waals surface area contributed by atoms with Crippen molar-refractivity contribution in [2.75, 3.05) is 38.4 Å². The summed E-state index contributed by atoms with van der Waals surface area (Å²) in [7, 11) is 4.63. The van der Waals surface area contributed by atoms with Crippen molar-refractivity contribution >= 4 is 34.9 Å². The number of ether oxygens (including phenoxy) is 1. The number of pyridine rings is 1. The van der Waals surface area contributed by atoms with Crippen molar-refractivity contribution in [3.8, 4) is 5.75 Å². The van der Waals surface area contributed by atoms with Crippen LogP contribution in [0.3, 0.4) is 0 Å². The molecule has 10 heteroatoms. The summed E-state index contributed by atoms with van der Waals surface area (Å²) in [4.78, 5) is 42.4. The lowest BCUT2D eigenvalue weighted by molar-refractivity contribution is -0.137. The number of aliphatic hydroxyl groups is 1. The molecule has 4 N–H and O–H groups in total. The van der Waals surface area contributed by atoms with Gasteiger partial charge in [-0.3, -0.25) is 14.4 Å². The summed E-state index contributed by atoms with van der Waals surface area (Å²) in [5.41, 5.74) is 2.27. The van der Waals surface area contributed by atoms with Gasteiger partial charge in [0.05, 0.1) is 31.3 Å². The van der Waals surface area contributed by atoms with E-state index in [0.717, 1.165) is 5.56 Å². The van der Waals surface area contributed by atoms with E-state index in [-0.39, 0.29) is 18.9 Å². The molecule has 0 spiro atoms. The van der Waals surface area contributed by atoms with Gasteiger partial charge in [0.15, 0.2) is 0 Å². The standard InChI is InChI=1S/C26H29N5O5/c1-31(2)26(35)22(32)16-28-25(34)20-6-4-5-7-21(20)29-18-12-13-27-23(15-18)30-24(33)14-17-8-10-19(36-3)11-9-17/h4-13,15,22,32H,14,16H2,1-3H3,(H,28,34)(H2,27,29,30,33)/t22-/m0/s1. The van der Waals surface area contributed by atoms with E-state index in [1.54, 1.807) is 55.6 Å². The smallest absolute Gasteiger partial charge is 0.253 e. The molecule has 0 bridgehead atoms. The van der Waals surface area contributed by atoms with E-state index in [9.17, 15) is 19.5 Å². The van der Waals surface area contributed by atoms with E-state index in [4.69, 9.17) is 4.74 Å². The number of hydrogen-bond acceptors (Lipinski definition) is 7. The van der Waals surface area contributed by atoms with Crippen molar-refractivity contribution in [1.82, 2.24) is 15.2 Å². The first-order valence-electron chi connectivity index (χ1n) is 11.2. The fourth-order valence-electron chi connectivity index (χ4n) is 3.31. The zero-order valence-electron chi connectivity index (χ0n) is 20.3. The molecule has 0 aliphatic rings. The Morgan fingerprint density at radius 1 is 1.06 bits per heavy atom. The maximum atomic E-state index is 12.7. The normalized spacial score (nSPS) is 11.2. The highest BCUT2D eigenvalue weighted by atomic mass is 16.5. The average Bonchev–Trinajstić information content (AvgIpc) is 2.87. The van der Waals surface area contributed by atoms with Crippen molar-refractivity contribution in [3.63, 3.8) is 0 Å². The molecular formula is C26H29N5O5. The van der Waals surface area contributed by atoms with Gasteiger partial charge in [-0.15, -0.1) is 0 Å². The predicted molar refractivity (Wildman–Crippen MR) is 136 cm³/mol. The molecule has 1 heterocycles. The first-order chi connectivity index (χ1) is 17.3. The number of benzene rings is 2. The molecular weight excluding hydrogens is 462 g/mol. The number of hydrogen-bond donors (Lipinski definition) is 4. The van der Waals surface area contributed by atoms with Crippen LogP contribution in [0.4, 0.5) is 17.2 Å². The van der Waals surface area contributed by atoms with Crippen LogP contribution in [0.5, 0.6) is 5.75 Å². The molecule has 1 aromatic heterocycles. The highest BCUT2D eigenvalue weighted by molar-refractivity contribution is 6.00. The van der Waals surface area contributed by atoms with E-state index in [1.165, 1.54) is 25.2 Å². The summed E-state index contributed by atoms with van der Waals surface area (Å²) in [6, 6.07) is 17.4. The van der Waals surface area contributed by atoms with Gasteiger partial charge in [-0.25, -0.2) is 4.98 Å². The molecule has 3 aromatic rings. The molecule has 0 saturated heterocycles. The van der Waals surface area contributed by atoms with Crippen LogP contribution in [0.25, 0.3) is 0 Å². The molecule has 3 amide bonds. The van der Waals surface area contributed by atoms with Crippen molar-refractivity contribution in [3.05, 3.63) is 78.0 Å². The number of aliphatic hydroxyl groups excluding tert-OH is 1. The molecule has 0 unspecified atom stereocenters. The molecule has 0 fully saturated rings. The minimum Gasteiger partial charge on any atom is -0.497 e. The summed E-state index contributed by atoms with van der Waals surface area (Å²) in [5.74, 6) is -0.112. The Balaban J connectivity index is 1.64. The lowest BCUT2D eigenvalue weighted by Gasteiger charge is -2.17. The van der Waals surface area contributed by atoms with Gasteiger partial charge in [-0.1, -0.05) is 24.3 Å². The molecule has 3 rings (SSSR count). The van der Waals surface area contributed by atoms with Gasteiger partial charge in [0.25, 0.3) is 11.8 Å². The summed E-state index contributed by atoms with van der Waals surface area (Å²) in [5, 5.41) is 18.4. The topological polar surface area (TPSA) is 133 Å². The SMILES string of the molecule is COc1ccc(CC(=O)Nc2cc(Nc3ccccc3C(=O)NC[C@H](O)C(=O)N(C)C)ccn2)cc1. The van der Waals surface area contributed by atoms with Crippen LogP contribution in [0.1, 0.15) is 15.9 Å². The van der Waals surface area contributed by atoms with Gasteiger partial charge >= 0.3 is 0 Å². The largest absolute Gasteiger partial charge is 0.497 e. The Labute approximate surface area is 209 Å². The monoisotopic (exact) mass is 491 g/mol. The van der Waals surface area contributed by atoms with Crippen LogP contribution in [0, 0.1) is 0 Å². The zero-order chi connectivity index (χ0) is 26.1. The molecule has 188 valence electrons. The molecule has 10 nitrogen and oxygen atoms in total. The van der Waals surface area contributed by atoms with Crippen molar-refractivity contribution in [1.29, 1.82) is 0 Å². The van der Waals surface area contributed by atoms with E-state index in [2.05, 4.69) is 20.9 Å². The number of likely N-dealkylation sites (N-methyl/N-ethyl adjacent to an activating group) is 1. The molecule has 0 saturated carbocycles. The predicted octanol–water partition coefficient (Wildman–Crippen LogP) is 2.19. The first kappa shape index (κ1) is 26.2. The molecule has 36 heavy (non-hydrogen) atoms. The summed E-state index contributed by atoms with van der Waals surface area (Å²) >= 11 is 0. The van der Waals surface area contributed by atoms with Gasteiger partial charge < -0.3 is 30.7 Å². The first-order valence-corrected chi connectivity index (χ1v) is 11.2. The third-order valence-electron chi connectivity index (χ3n) is 5.18. The molecule has 1 atom stereocenters. The number of aromatic nitrogens is 1. The van der Waals surface area contributed by atoms with Crippen molar-refractivity contribution in [2.45, 2.75) is 12.5 Å². The Hall–Kier alpha value is -4.44. The van der Waals surface area contributed by atoms with Gasteiger partial charge in [0, 0.05) is 32.0 Å². The third kappa shape index (κ3) is 7.28. The van der Waals surface area contributed by atoms with Gasteiger partial charge in [-0.2, -0.15) is 0 Å². The number of carbonyl (C=O) groups is 3. The lowest BCUT2D eigenvalue weighted by atomic mass is 10.1. The second-order valence-electron chi connectivity index (χ2n) is 8.13. The fraction of sp³-hybridized carbons (Fsp3) is 0.231. The number of amides is 3. The summed E-state index contributed by atoms with van der Waals surface area (Å²) in [6.45, 7) is -0.218. The van der Waals surface area contributed by atoms with E-state index < -0.39 is 17.9 Å². The number of nitrogens with zero attached hydrogens (tertiary/aromatic N) is 2. The van der Waals surface area contributed by atoms with Crippen LogP contribution in [-0.4, -0.2) is 66.6 Å². The number of methoxy groups -OCH3 is 1. The van der Waals surface area contributed by atoms with E-state index in [0.29, 0.717) is 28.5 Å². The summed E-state index contributed by atoms with van der Waals surface area (Å²) in [6.07, 6.45) is 0.375. The van der Waals surface area contributed by atoms with Crippen LogP contribution in [0.15, 0.2) is 66.9 Å². The minimum atomic E-state index is -1.34. The van der Waals surface area contributed by atoms with Gasteiger partial charge in [0.1, 0.15) is 17.7 Å². The number of carbonyl (C=O) groups excluding carboxylic acids is 3. The van der Waals surface area contributed by atoms with Crippen LogP contribution < -0.4 is 20.7 Å². The number of nitrogens with one attached hydrogen (secondary N) is 3. The van der Waals surface area contributed by atoms with Crippen molar-refractivity contribution < 1.29 is 24.2 Å². The third-order valence-corrected chi connectivity index (χ3v) is 5.18. The van der Waals surface area contributed by atoms with Crippen LogP contribution in [-0.2, 0) is 16.0 Å². The number of rotatable bonds is 10. The molecule has 0 aliphatic carbocycles. The van der Waals surface area contributed by atoms with Gasteiger partial charge in [-0.05, 0) is 35.9 Å². The van der Waals surface area contributed by atoms with Crippen molar-refractivity contribution in [2.24, 2.45) is 0 Å². The maximum absolute atomic E-state index is 12.7. The van der Waals surface area contributed by atoms with Crippen LogP contribution in [0.2, 0.25) is 0 Å². The quantitative estimate of drug-likeness (QED) is 0.342. The highest BCUT2D eigenvalue weighted by Crippen LogP contribution is 2.22. The summed E-state index contributed by atoms with van der Waals surface area (Å²) < 4.78 is 5.13. The van der Waals surface area contributed by atoms with E-state index in [1.807, 2.05) is 12.1 Å². The number of anilines is 3. The number of para-hydroxylation sites is 1. The Morgan fingerprint density at radius 3 is 2.47 bits per heavy atom. The molecule has 2 aromatic carbocycles. The maximum Gasteiger partial charge on any atom is 0.253 e. The average molecular weight is 492 g/mol. The fourth-order valence-corrected chi connectivity index (χ4v) is 3.31. The minimum absolute atomic E-state index is 0.175. The van der Waals surface area contributed by atoms with Crippen LogP contribution >= 0.6 is 0 Å². The second kappa shape index (κ2) is 12.3. The second-order valence-corrected chi connectivity index (χ2v) is 8.13. The Kier molecular flexibility index (Phi) is 8.95. The Morgan fingerprint density at radius 2 is 1.78 bits per heavy atom. The van der Waals surface area contributed by atoms with Gasteiger partial charge in [0.2, 0.25) is 5.91 Å². The molecule has 0 aliphatic heterocycles. The Bertz CT molecular complexity index is 1210. The highest BCUT2D eigenvalue weighted by Gasteiger charge is 2.19. The zero-order valence-corrected chi connectivity index (χ0v) is 20.3.